The van der Waals surface area contributed by atoms with E-state index in [9.17, 15) is 0 Å². The first-order valence-corrected chi connectivity index (χ1v) is 3.96. The molecule has 1 aromatic rings. The van der Waals surface area contributed by atoms with Gasteiger partial charge in [-0.25, -0.2) is 0 Å². The number of thiol groups is 1. The summed E-state index contributed by atoms with van der Waals surface area (Å²) in [6.45, 7) is 0.698. The molecule has 0 aromatic carbocycles. The zero-order valence-corrected chi connectivity index (χ0v) is 6.62. The number of rotatable bonds is 3. The minimum Gasteiger partial charge on any atom is -0.318 e. The van der Waals surface area contributed by atoms with Crippen molar-refractivity contribution in [2.24, 2.45) is 0 Å². The van der Waals surface area contributed by atoms with Gasteiger partial charge in [-0.3, -0.25) is 0 Å². The summed E-state index contributed by atoms with van der Waals surface area (Å²) in [5.74, 6) is 0. The second kappa shape index (κ2) is 3.93. The largest absolute Gasteiger partial charge is 0.318 e. The maximum atomic E-state index is 4.62. The first-order chi connectivity index (χ1) is 4.43. The molecule has 0 unspecified atom stereocenters. The lowest BCUT2D eigenvalue weighted by Gasteiger charge is -1.91. The number of hydrogen-bond acceptors (Lipinski definition) is 3. The van der Waals surface area contributed by atoms with Gasteiger partial charge in [0.25, 0.3) is 0 Å². The quantitative estimate of drug-likeness (QED) is 0.526. The maximum absolute atomic E-state index is 4.62. The monoisotopic (exact) mass is 160 g/mol. The van der Waals surface area contributed by atoms with Gasteiger partial charge >= 0.3 is 0 Å². The molecule has 0 amide bonds. The maximum Gasteiger partial charge on any atom is 0.0658 e. The van der Waals surface area contributed by atoms with Crippen molar-refractivity contribution in [1.82, 2.24) is 0 Å². The van der Waals surface area contributed by atoms with Crippen molar-refractivity contribution in [2.45, 2.75) is 6.42 Å². The molecule has 1 heterocycles. The molecule has 0 atom stereocenters. The number of thiophene rings is 1. The molecular weight excluding hydrogens is 152 g/mol. The predicted octanol–water partition coefficient (Wildman–Crippen LogP) is 2.15. The van der Waals surface area contributed by atoms with Crippen LogP contribution in [0.5, 0.6) is 0 Å². The fourth-order valence-electron chi connectivity index (χ4n) is 0.601. The summed E-state index contributed by atoms with van der Waals surface area (Å²) in [6, 6.07) is 4.13. The van der Waals surface area contributed by atoms with Gasteiger partial charge < -0.3 is 4.18 Å². The Balaban J connectivity index is 2.30. The Morgan fingerprint density at radius 3 is 3.11 bits per heavy atom. The standard InChI is InChI=1S/C6H8OS2/c8-7-4-3-6-2-1-5-9-6/h1-2,5,8H,3-4H2. The lowest BCUT2D eigenvalue weighted by atomic mass is 10.4. The van der Waals surface area contributed by atoms with E-state index in [0.717, 1.165) is 6.42 Å². The van der Waals surface area contributed by atoms with Crippen LogP contribution in [0.25, 0.3) is 0 Å². The van der Waals surface area contributed by atoms with E-state index >= 15 is 0 Å². The topological polar surface area (TPSA) is 9.23 Å². The molecule has 0 aliphatic heterocycles. The summed E-state index contributed by atoms with van der Waals surface area (Å²) in [5.41, 5.74) is 0. The van der Waals surface area contributed by atoms with Gasteiger partial charge in [0.2, 0.25) is 0 Å². The van der Waals surface area contributed by atoms with Crippen LogP contribution in [0.3, 0.4) is 0 Å². The molecule has 9 heavy (non-hydrogen) atoms. The van der Waals surface area contributed by atoms with Crippen LogP contribution >= 0.6 is 24.2 Å². The van der Waals surface area contributed by atoms with E-state index < -0.39 is 0 Å². The van der Waals surface area contributed by atoms with E-state index in [1.165, 1.54) is 4.88 Å². The van der Waals surface area contributed by atoms with Crippen molar-refractivity contribution in [2.75, 3.05) is 6.61 Å². The molecule has 1 rings (SSSR count). The van der Waals surface area contributed by atoms with Crippen molar-refractivity contribution >= 4 is 24.2 Å². The minimum atomic E-state index is 0.698. The lowest BCUT2D eigenvalue weighted by Crippen LogP contribution is -1.86. The highest BCUT2D eigenvalue weighted by Crippen LogP contribution is 2.08. The Kier molecular flexibility index (Phi) is 3.11. The van der Waals surface area contributed by atoms with Crippen molar-refractivity contribution in [1.29, 1.82) is 0 Å². The third kappa shape index (κ3) is 2.39. The predicted molar refractivity (Wildman–Crippen MR) is 43.0 cm³/mol. The Bertz CT molecular complexity index is 148. The van der Waals surface area contributed by atoms with Gasteiger partial charge in [-0.2, -0.15) is 0 Å². The molecule has 0 radical (unpaired) electrons. The molecule has 0 spiro atoms. The third-order valence-electron chi connectivity index (χ3n) is 1.02. The normalized spacial score (nSPS) is 9.89. The molecule has 1 nitrogen and oxygen atoms in total. The van der Waals surface area contributed by atoms with Crippen molar-refractivity contribution in [3.8, 4) is 0 Å². The summed E-state index contributed by atoms with van der Waals surface area (Å²) in [4.78, 5) is 1.35. The van der Waals surface area contributed by atoms with E-state index in [4.69, 9.17) is 0 Å². The summed E-state index contributed by atoms with van der Waals surface area (Å²) in [6.07, 6.45) is 0.973. The summed E-state index contributed by atoms with van der Waals surface area (Å²) >= 11 is 5.39. The molecule has 0 saturated heterocycles. The first kappa shape index (κ1) is 7.12. The first-order valence-electron chi connectivity index (χ1n) is 2.72. The van der Waals surface area contributed by atoms with Crippen molar-refractivity contribution < 1.29 is 4.18 Å². The van der Waals surface area contributed by atoms with E-state index in [1.807, 2.05) is 6.07 Å². The highest BCUT2D eigenvalue weighted by atomic mass is 32.1. The van der Waals surface area contributed by atoms with Gasteiger partial charge in [-0.1, -0.05) is 6.07 Å². The van der Waals surface area contributed by atoms with Crippen LogP contribution in [-0.2, 0) is 10.6 Å². The van der Waals surface area contributed by atoms with E-state index in [-0.39, 0.29) is 0 Å². The molecular formula is C6H8OS2. The molecule has 0 N–H and O–H groups in total. The van der Waals surface area contributed by atoms with Gasteiger partial charge in [0.05, 0.1) is 6.61 Å². The Labute approximate surface area is 64.3 Å². The van der Waals surface area contributed by atoms with E-state index in [0.29, 0.717) is 6.61 Å². The van der Waals surface area contributed by atoms with Crippen LogP contribution < -0.4 is 0 Å². The van der Waals surface area contributed by atoms with Crippen LogP contribution in [0.2, 0.25) is 0 Å². The van der Waals surface area contributed by atoms with Crippen LogP contribution in [0, 0.1) is 0 Å². The molecule has 0 aliphatic carbocycles. The minimum absolute atomic E-state index is 0.698. The van der Waals surface area contributed by atoms with Crippen LogP contribution in [0.4, 0.5) is 0 Å². The SMILES string of the molecule is SOCCc1cccs1. The van der Waals surface area contributed by atoms with Gasteiger partial charge in [-0.05, 0) is 24.4 Å². The average Bonchev–Trinajstić information content (AvgIpc) is 2.34. The lowest BCUT2D eigenvalue weighted by molar-refractivity contribution is 0.388. The molecule has 0 aliphatic rings. The van der Waals surface area contributed by atoms with Crippen molar-refractivity contribution in [3.63, 3.8) is 0 Å². The highest BCUT2D eigenvalue weighted by molar-refractivity contribution is 7.75. The zero-order chi connectivity index (χ0) is 6.53. The van der Waals surface area contributed by atoms with Crippen LogP contribution in [-0.4, -0.2) is 6.61 Å². The summed E-state index contributed by atoms with van der Waals surface area (Å²) in [5, 5.41) is 2.06. The summed E-state index contributed by atoms with van der Waals surface area (Å²) < 4.78 is 4.62. The van der Waals surface area contributed by atoms with Gasteiger partial charge in [0.1, 0.15) is 0 Å². The van der Waals surface area contributed by atoms with Crippen LogP contribution in [0.15, 0.2) is 17.5 Å². The van der Waals surface area contributed by atoms with Gasteiger partial charge in [0.15, 0.2) is 0 Å². The molecule has 50 valence electrons. The van der Waals surface area contributed by atoms with Gasteiger partial charge in [-0.15, -0.1) is 11.3 Å². The third-order valence-corrected chi connectivity index (χ3v) is 2.14. The van der Waals surface area contributed by atoms with E-state index in [2.05, 4.69) is 28.5 Å². The van der Waals surface area contributed by atoms with E-state index in [1.54, 1.807) is 11.3 Å². The fraction of sp³-hybridized carbons (Fsp3) is 0.333. The van der Waals surface area contributed by atoms with Crippen molar-refractivity contribution in [3.05, 3.63) is 22.4 Å². The van der Waals surface area contributed by atoms with Gasteiger partial charge in [0, 0.05) is 11.3 Å². The molecule has 0 fully saturated rings. The smallest absolute Gasteiger partial charge is 0.0658 e. The molecule has 3 heteroatoms. The van der Waals surface area contributed by atoms with Crippen LogP contribution in [0.1, 0.15) is 4.88 Å². The Hall–Kier alpha value is 0.01000. The second-order valence-corrected chi connectivity index (χ2v) is 2.95. The fourth-order valence-corrected chi connectivity index (χ4v) is 1.38. The average molecular weight is 160 g/mol. The highest BCUT2D eigenvalue weighted by Gasteiger charge is 1.90. The Morgan fingerprint density at radius 2 is 2.56 bits per heavy atom. The molecule has 0 saturated carbocycles. The second-order valence-electron chi connectivity index (χ2n) is 1.66. The molecule has 0 bridgehead atoms. The molecule has 1 aromatic heterocycles. The summed E-state index contributed by atoms with van der Waals surface area (Å²) in [7, 11) is 0. The zero-order valence-electron chi connectivity index (χ0n) is 4.91. The Morgan fingerprint density at radius 1 is 1.67 bits per heavy atom. The number of hydrogen-bond donors (Lipinski definition) is 1.